The number of carbonyl (C=O) groups excluding carboxylic acids is 2. The minimum atomic E-state index is -0.491. The van der Waals surface area contributed by atoms with Crippen molar-refractivity contribution in [1.82, 2.24) is 0 Å². The van der Waals surface area contributed by atoms with Gasteiger partial charge in [-0.25, -0.2) is 0 Å². The Morgan fingerprint density at radius 3 is 2.46 bits per heavy atom. The molecule has 0 aromatic heterocycles. The highest BCUT2D eigenvalue weighted by atomic mass is 16.5. The quantitative estimate of drug-likeness (QED) is 0.495. The number of rotatable bonds is 3. The van der Waals surface area contributed by atoms with Crippen molar-refractivity contribution in [3.8, 4) is 0 Å². The molecule has 0 heterocycles. The molecule has 0 bridgehead atoms. The molecule has 1 aliphatic rings. The van der Waals surface area contributed by atoms with Crippen LogP contribution in [-0.4, -0.2) is 19.4 Å². The molecule has 0 saturated heterocycles. The van der Waals surface area contributed by atoms with Gasteiger partial charge in [-0.15, -0.1) is 0 Å². The highest BCUT2D eigenvalue weighted by Crippen LogP contribution is 2.39. The summed E-state index contributed by atoms with van der Waals surface area (Å²) in [7, 11) is 1.39. The van der Waals surface area contributed by atoms with Crippen LogP contribution >= 0.6 is 0 Å². The molecule has 0 amide bonds. The molecule has 74 valence electrons. The fourth-order valence-electron chi connectivity index (χ4n) is 2.10. The third-order valence-corrected chi connectivity index (χ3v) is 2.90. The summed E-state index contributed by atoms with van der Waals surface area (Å²) in [5.41, 5.74) is -0.491. The molecule has 0 radical (unpaired) electrons. The summed E-state index contributed by atoms with van der Waals surface area (Å²) in [5, 5.41) is 0. The van der Waals surface area contributed by atoms with Gasteiger partial charge in [0.15, 0.2) is 0 Å². The summed E-state index contributed by atoms with van der Waals surface area (Å²) in [4.78, 5) is 22.0. The van der Waals surface area contributed by atoms with Crippen LogP contribution in [0.4, 0.5) is 0 Å². The first kappa shape index (κ1) is 10.2. The number of ether oxygens (including phenoxy) is 1. The van der Waals surface area contributed by atoms with Crippen molar-refractivity contribution in [3.63, 3.8) is 0 Å². The second kappa shape index (κ2) is 4.40. The van der Waals surface area contributed by atoms with Crippen LogP contribution in [0.1, 0.15) is 38.5 Å². The molecule has 1 aliphatic carbocycles. The lowest BCUT2D eigenvalue weighted by atomic mass is 9.72. The lowest BCUT2D eigenvalue weighted by Gasteiger charge is -2.32. The van der Waals surface area contributed by atoms with E-state index in [2.05, 4.69) is 0 Å². The van der Waals surface area contributed by atoms with Gasteiger partial charge in [-0.05, 0) is 12.8 Å². The maximum Gasteiger partial charge on any atom is 0.312 e. The Balaban J connectivity index is 2.71. The zero-order valence-corrected chi connectivity index (χ0v) is 8.04. The normalized spacial score (nSPS) is 20.7. The fraction of sp³-hybridized carbons (Fsp3) is 0.800. The van der Waals surface area contributed by atoms with Gasteiger partial charge in [-0.3, -0.25) is 4.79 Å². The smallest absolute Gasteiger partial charge is 0.312 e. The highest BCUT2D eigenvalue weighted by Gasteiger charge is 2.39. The van der Waals surface area contributed by atoms with Crippen LogP contribution in [0.25, 0.3) is 0 Å². The van der Waals surface area contributed by atoms with E-state index >= 15 is 0 Å². The number of hydrogen-bond donors (Lipinski definition) is 0. The predicted molar refractivity (Wildman–Crippen MR) is 48.2 cm³/mol. The van der Waals surface area contributed by atoms with E-state index in [1.165, 1.54) is 7.11 Å². The first-order valence-electron chi connectivity index (χ1n) is 4.77. The Kier molecular flexibility index (Phi) is 3.46. The number of aldehydes is 1. The Bertz CT molecular complexity index is 192. The van der Waals surface area contributed by atoms with E-state index in [0.29, 0.717) is 6.42 Å². The number of hydrogen-bond acceptors (Lipinski definition) is 3. The molecular formula is C10H16O3. The lowest BCUT2D eigenvalue weighted by Crippen LogP contribution is -2.34. The van der Waals surface area contributed by atoms with Crippen molar-refractivity contribution in [1.29, 1.82) is 0 Å². The van der Waals surface area contributed by atoms with Gasteiger partial charge in [0.1, 0.15) is 6.29 Å². The van der Waals surface area contributed by atoms with E-state index in [1.54, 1.807) is 0 Å². The van der Waals surface area contributed by atoms with Crippen molar-refractivity contribution in [3.05, 3.63) is 0 Å². The molecule has 3 heteroatoms. The molecule has 0 unspecified atom stereocenters. The summed E-state index contributed by atoms with van der Waals surface area (Å²) >= 11 is 0. The Labute approximate surface area is 78.5 Å². The predicted octanol–water partition coefficient (Wildman–Crippen LogP) is 1.70. The summed E-state index contributed by atoms with van der Waals surface area (Å²) in [6.07, 6.45) is 5.99. The maximum absolute atomic E-state index is 11.5. The van der Waals surface area contributed by atoms with Gasteiger partial charge in [0.05, 0.1) is 12.5 Å². The molecule has 0 aromatic carbocycles. The van der Waals surface area contributed by atoms with Gasteiger partial charge < -0.3 is 9.53 Å². The fourth-order valence-corrected chi connectivity index (χ4v) is 2.10. The largest absolute Gasteiger partial charge is 0.469 e. The summed E-state index contributed by atoms with van der Waals surface area (Å²) in [6, 6.07) is 0. The molecule has 13 heavy (non-hydrogen) atoms. The minimum absolute atomic E-state index is 0.209. The van der Waals surface area contributed by atoms with Crippen LogP contribution in [0.3, 0.4) is 0 Å². The maximum atomic E-state index is 11.5. The van der Waals surface area contributed by atoms with E-state index in [4.69, 9.17) is 4.74 Å². The van der Waals surface area contributed by atoms with Gasteiger partial charge in [-0.2, -0.15) is 0 Å². The first-order chi connectivity index (χ1) is 6.25. The van der Waals surface area contributed by atoms with Crippen LogP contribution in [0.2, 0.25) is 0 Å². The zero-order chi connectivity index (χ0) is 9.73. The summed E-state index contributed by atoms with van der Waals surface area (Å²) < 4.78 is 4.75. The van der Waals surface area contributed by atoms with Crippen LogP contribution < -0.4 is 0 Å². The molecule has 0 aromatic rings. The molecular weight excluding hydrogens is 168 g/mol. The van der Waals surface area contributed by atoms with Crippen molar-refractivity contribution in [2.24, 2.45) is 5.41 Å². The molecule has 0 N–H and O–H groups in total. The topological polar surface area (TPSA) is 43.4 Å². The molecule has 1 saturated carbocycles. The van der Waals surface area contributed by atoms with E-state index in [-0.39, 0.29) is 5.97 Å². The molecule has 1 rings (SSSR count). The molecule has 0 spiro atoms. The van der Waals surface area contributed by atoms with Gasteiger partial charge in [0.25, 0.3) is 0 Å². The SMILES string of the molecule is COC(=O)C1(CC=O)CCCCC1. The first-order valence-corrected chi connectivity index (χ1v) is 4.77. The summed E-state index contributed by atoms with van der Waals surface area (Å²) in [5.74, 6) is -0.209. The monoisotopic (exact) mass is 184 g/mol. The number of methoxy groups -OCH3 is 1. The number of esters is 1. The molecule has 1 fully saturated rings. The van der Waals surface area contributed by atoms with Crippen molar-refractivity contribution >= 4 is 12.3 Å². The van der Waals surface area contributed by atoms with Crippen LogP contribution in [0.5, 0.6) is 0 Å². The van der Waals surface area contributed by atoms with Gasteiger partial charge in [0.2, 0.25) is 0 Å². The Hall–Kier alpha value is -0.860. The van der Waals surface area contributed by atoms with Crippen molar-refractivity contribution in [2.75, 3.05) is 7.11 Å². The number of carbonyl (C=O) groups is 2. The van der Waals surface area contributed by atoms with E-state index in [1.807, 2.05) is 0 Å². The average molecular weight is 184 g/mol. The van der Waals surface area contributed by atoms with E-state index in [9.17, 15) is 9.59 Å². The van der Waals surface area contributed by atoms with Crippen molar-refractivity contribution in [2.45, 2.75) is 38.5 Å². The third kappa shape index (κ3) is 2.08. The van der Waals surface area contributed by atoms with Crippen LogP contribution in [-0.2, 0) is 14.3 Å². The summed E-state index contributed by atoms with van der Waals surface area (Å²) in [6.45, 7) is 0. The van der Waals surface area contributed by atoms with Gasteiger partial charge in [0, 0.05) is 6.42 Å². The molecule has 0 atom stereocenters. The van der Waals surface area contributed by atoms with Crippen LogP contribution in [0, 0.1) is 5.41 Å². The Morgan fingerprint density at radius 2 is 2.00 bits per heavy atom. The second-order valence-electron chi connectivity index (χ2n) is 3.70. The zero-order valence-electron chi connectivity index (χ0n) is 8.04. The standard InChI is InChI=1S/C10H16O3/c1-13-9(12)10(7-8-11)5-3-2-4-6-10/h8H,2-7H2,1H3. The third-order valence-electron chi connectivity index (χ3n) is 2.90. The lowest BCUT2D eigenvalue weighted by molar-refractivity contribution is -0.156. The van der Waals surface area contributed by atoms with Gasteiger partial charge >= 0.3 is 5.97 Å². The van der Waals surface area contributed by atoms with E-state index < -0.39 is 5.41 Å². The Morgan fingerprint density at radius 1 is 1.38 bits per heavy atom. The van der Waals surface area contributed by atoms with E-state index in [0.717, 1.165) is 38.4 Å². The second-order valence-corrected chi connectivity index (χ2v) is 3.70. The average Bonchev–Trinajstić information content (AvgIpc) is 2.18. The minimum Gasteiger partial charge on any atom is -0.469 e. The van der Waals surface area contributed by atoms with Crippen molar-refractivity contribution < 1.29 is 14.3 Å². The van der Waals surface area contributed by atoms with Gasteiger partial charge in [-0.1, -0.05) is 19.3 Å². The highest BCUT2D eigenvalue weighted by molar-refractivity contribution is 5.79. The molecule has 3 nitrogen and oxygen atoms in total. The van der Waals surface area contributed by atoms with Crippen LogP contribution in [0.15, 0.2) is 0 Å². The molecule has 0 aliphatic heterocycles.